The van der Waals surface area contributed by atoms with Gasteiger partial charge in [-0.3, -0.25) is 5.32 Å². The predicted octanol–water partition coefficient (Wildman–Crippen LogP) is 1.83. The molecule has 9 heteroatoms. The van der Waals surface area contributed by atoms with Gasteiger partial charge in [-0.25, -0.2) is 9.78 Å². The number of ether oxygens (including phenoxy) is 2. The Balaban J connectivity index is 1.62. The number of benzene rings is 1. The predicted molar refractivity (Wildman–Crippen MR) is 99.3 cm³/mol. The second kappa shape index (κ2) is 8.34. The number of nitrogens with one attached hydrogen (secondary N) is 4. The lowest BCUT2D eigenvalue weighted by atomic mass is 10.2. The summed E-state index contributed by atoms with van der Waals surface area (Å²) < 4.78 is 11.0. The highest BCUT2D eigenvalue weighted by Crippen LogP contribution is 2.32. The molecule has 2 amide bonds. The number of carbonyl (C=O) groups is 1. The lowest BCUT2D eigenvalue weighted by Crippen LogP contribution is -2.22. The SMILES string of the molecule is CNCCNc1cc(C)nc(NC(=O)Nc2ccc3c(c2)OCCO3)n1. The fourth-order valence-electron chi connectivity index (χ4n) is 2.42. The number of rotatable bonds is 6. The summed E-state index contributed by atoms with van der Waals surface area (Å²) in [7, 11) is 1.88. The summed E-state index contributed by atoms with van der Waals surface area (Å²) in [6.45, 7) is 4.37. The number of aromatic nitrogens is 2. The van der Waals surface area contributed by atoms with E-state index in [9.17, 15) is 4.79 Å². The van der Waals surface area contributed by atoms with Gasteiger partial charge in [0.15, 0.2) is 11.5 Å². The number of urea groups is 1. The lowest BCUT2D eigenvalue weighted by molar-refractivity contribution is 0.171. The second-order valence-electron chi connectivity index (χ2n) is 5.69. The molecule has 2 heterocycles. The van der Waals surface area contributed by atoms with Gasteiger partial charge in [0.1, 0.15) is 19.0 Å². The van der Waals surface area contributed by atoms with E-state index in [4.69, 9.17) is 9.47 Å². The van der Waals surface area contributed by atoms with Crippen molar-refractivity contribution in [1.29, 1.82) is 0 Å². The van der Waals surface area contributed by atoms with Crippen molar-refractivity contribution in [3.63, 3.8) is 0 Å². The monoisotopic (exact) mass is 358 g/mol. The molecule has 9 nitrogen and oxygen atoms in total. The number of anilines is 3. The Bertz CT molecular complexity index is 783. The fourth-order valence-corrected chi connectivity index (χ4v) is 2.42. The van der Waals surface area contributed by atoms with Crippen molar-refractivity contribution >= 4 is 23.5 Å². The van der Waals surface area contributed by atoms with Gasteiger partial charge in [-0.15, -0.1) is 0 Å². The fraction of sp³-hybridized carbons (Fsp3) is 0.353. The molecule has 0 saturated carbocycles. The summed E-state index contributed by atoms with van der Waals surface area (Å²) in [5.74, 6) is 2.16. The highest BCUT2D eigenvalue weighted by Gasteiger charge is 2.13. The van der Waals surface area contributed by atoms with Crippen LogP contribution in [0.3, 0.4) is 0 Å². The zero-order valence-electron chi connectivity index (χ0n) is 14.8. The van der Waals surface area contributed by atoms with Crippen LogP contribution in [0, 0.1) is 6.92 Å². The Hall–Kier alpha value is -3.07. The van der Waals surface area contributed by atoms with Crippen molar-refractivity contribution in [2.75, 3.05) is 49.3 Å². The average molecular weight is 358 g/mol. The number of hydrogen-bond acceptors (Lipinski definition) is 7. The molecule has 1 aromatic heterocycles. The molecule has 1 aliphatic heterocycles. The first-order valence-electron chi connectivity index (χ1n) is 8.36. The molecule has 138 valence electrons. The molecule has 0 atom stereocenters. The van der Waals surface area contributed by atoms with Crippen molar-refractivity contribution in [2.24, 2.45) is 0 Å². The minimum absolute atomic E-state index is 0.229. The Morgan fingerprint density at radius 2 is 1.88 bits per heavy atom. The van der Waals surface area contributed by atoms with Crippen molar-refractivity contribution in [3.05, 3.63) is 30.0 Å². The minimum atomic E-state index is -0.437. The molecule has 2 aromatic rings. The van der Waals surface area contributed by atoms with Crippen molar-refractivity contribution < 1.29 is 14.3 Å². The van der Waals surface area contributed by atoms with Crippen LogP contribution >= 0.6 is 0 Å². The highest BCUT2D eigenvalue weighted by atomic mass is 16.6. The molecule has 1 aromatic carbocycles. The second-order valence-corrected chi connectivity index (χ2v) is 5.69. The van der Waals surface area contributed by atoms with E-state index >= 15 is 0 Å². The van der Waals surface area contributed by atoms with Crippen LogP contribution in [0.4, 0.5) is 22.2 Å². The van der Waals surface area contributed by atoms with Crippen LogP contribution in [-0.4, -0.2) is 49.4 Å². The number of aryl methyl sites for hydroxylation is 1. The van der Waals surface area contributed by atoms with Gasteiger partial charge in [-0.05, 0) is 26.1 Å². The van der Waals surface area contributed by atoms with Gasteiger partial charge >= 0.3 is 6.03 Å². The van der Waals surface area contributed by atoms with E-state index in [1.807, 2.05) is 20.0 Å². The Kier molecular flexibility index (Phi) is 5.69. The third kappa shape index (κ3) is 4.73. The highest BCUT2D eigenvalue weighted by molar-refractivity contribution is 5.98. The molecule has 0 unspecified atom stereocenters. The Morgan fingerprint density at radius 1 is 1.08 bits per heavy atom. The largest absolute Gasteiger partial charge is 0.486 e. The van der Waals surface area contributed by atoms with Gasteiger partial charge in [0.2, 0.25) is 5.95 Å². The number of nitrogens with zero attached hydrogens (tertiary/aromatic N) is 2. The van der Waals surface area contributed by atoms with E-state index in [1.54, 1.807) is 18.2 Å². The van der Waals surface area contributed by atoms with Gasteiger partial charge in [0, 0.05) is 36.6 Å². The smallest absolute Gasteiger partial charge is 0.326 e. The number of amides is 2. The molecule has 0 spiro atoms. The maximum atomic E-state index is 12.2. The number of fused-ring (bicyclic) bond motifs is 1. The number of hydrogen-bond donors (Lipinski definition) is 4. The third-order valence-electron chi connectivity index (χ3n) is 3.56. The third-order valence-corrected chi connectivity index (χ3v) is 3.56. The molecular weight excluding hydrogens is 336 g/mol. The topological polar surface area (TPSA) is 109 Å². The van der Waals surface area contributed by atoms with Gasteiger partial charge in [-0.1, -0.05) is 0 Å². The molecular formula is C17H22N6O3. The number of carbonyl (C=O) groups excluding carboxylic acids is 1. The molecule has 0 radical (unpaired) electrons. The van der Waals surface area contributed by atoms with Gasteiger partial charge in [0.05, 0.1) is 0 Å². The van der Waals surface area contributed by atoms with E-state index in [-0.39, 0.29) is 5.95 Å². The summed E-state index contributed by atoms with van der Waals surface area (Å²) in [6, 6.07) is 6.61. The summed E-state index contributed by atoms with van der Waals surface area (Å²) in [5, 5.41) is 11.6. The van der Waals surface area contributed by atoms with Gasteiger partial charge in [0.25, 0.3) is 0 Å². The van der Waals surface area contributed by atoms with E-state index < -0.39 is 6.03 Å². The maximum absolute atomic E-state index is 12.2. The first-order chi connectivity index (χ1) is 12.6. The van der Waals surface area contributed by atoms with Crippen LogP contribution in [0.5, 0.6) is 11.5 Å². The van der Waals surface area contributed by atoms with Crippen molar-refractivity contribution in [1.82, 2.24) is 15.3 Å². The van der Waals surface area contributed by atoms with Crippen LogP contribution < -0.4 is 30.7 Å². The first-order valence-corrected chi connectivity index (χ1v) is 8.36. The quantitative estimate of drug-likeness (QED) is 0.583. The maximum Gasteiger partial charge on any atom is 0.326 e. The molecule has 3 rings (SSSR count). The summed E-state index contributed by atoms with van der Waals surface area (Å²) >= 11 is 0. The van der Waals surface area contributed by atoms with E-state index in [1.165, 1.54) is 0 Å². The molecule has 0 saturated heterocycles. The standard InChI is InChI=1S/C17H22N6O3/c1-11-9-15(19-6-5-18-2)22-16(20-11)23-17(24)21-12-3-4-13-14(10-12)26-8-7-25-13/h3-4,9-10,18H,5-8H2,1-2H3,(H3,19,20,21,22,23,24). The minimum Gasteiger partial charge on any atom is -0.486 e. The molecule has 0 fully saturated rings. The molecule has 0 aliphatic carbocycles. The van der Waals surface area contributed by atoms with E-state index in [2.05, 4.69) is 31.2 Å². The summed E-state index contributed by atoms with van der Waals surface area (Å²) in [4.78, 5) is 20.7. The average Bonchev–Trinajstić information content (AvgIpc) is 2.61. The van der Waals surface area contributed by atoms with Crippen molar-refractivity contribution in [3.8, 4) is 11.5 Å². The summed E-state index contributed by atoms with van der Waals surface area (Å²) in [6.07, 6.45) is 0. The molecule has 1 aliphatic rings. The first kappa shape index (κ1) is 17.7. The molecule has 26 heavy (non-hydrogen) atoms. The normalized spacial score (nSPS) is 12.4. The van der Waals surface area contributed by atoms with Gasteiger partial charge in [-0.2, -0.15) is 4.98 Å². The van der Waals surface area contributed by atoms with Crippen molar-refractivity contribution in [2.45, 2.75) is 6.92 Å². The van der Waals surface area contributed by atoms with E-state index in [0.717, 1.165) is 18.8 Å². The van der Waals surface area contributed by atoms with E-state index in [0.29, 0.717) is 36.2 Å². The zero-order chi connectivity index (χ0) is 18.4. The molecule has 4 N–H and O–H groups in total. The van der Waals surface area contributed by atoms with Crippen LogP contribution in [0.15, 0.2) is 24.3 Å². The van der Waals surface area contributed by atoms with Gasteiger partial charge < -0.3 is 25.4 Å². The van der Waals surface area contributed by atoms with Crippen LogP contribution in [0.25, 0.3) is 0 Å². The van der Waals surface area contributed by atoms with Crippen LogP contribution in [0.1, 0.15) is 5.69 Å². The lowest BCUT2D eigenvalue weighted by Gasteiger charge is -2.19. The molecule has 0 bridgehead atoms. The zero-order valence-corrected chi connectivity index (χ0v) is 14.8. The Labute approximate surface area is 151 Å². The number of likely N-dealkylation sites (N-methyl/N-ethyl adjacent to an activating group) is 1. The Morgan fingerprint density at radius 3 is 2.69 bits per heavy atom. The van der Waals surface area contributed by atoms with Crippen LogP contribution in [-0.2, 0) is 0 Å². The summed E-state index contributed by atoms with van der Waals surface area (Å²) in [5.41, 5.74) is 1.34. The van der Waals surface area contributed by atoms with Crippen LogP contribution in [0.2, 0.25) is 0 Å².